The second-order valence-corrected chi connectivity index (χ2v) is 4.65. The molecule has 2 heterocycles. The van der Waals surface area contributed by atoms with Gasteiger partial charge in [-0.15, -0.1) is 0 Å². The number of methoxy groups -OCH3 is 1. The van der Waals surface area contributed by atoms with E-state index in [0.29, 0.717) is 0 Å². The lowest BCUT2D eigenvalue weighted by Crippen LogP contribution is -2.44. The second-order valence-electron chi connectivity index (χ2n) is 4.65. The Morgan fingerprint density at radius 1 is 1.35 bits per heavy atom. The van der Waals surface area contributed by atoms with Crippen molar-refractivity contribution in [3.63, 3.8) is 0 Å². The van der Waals surface area contributed by atoms with Crippen LogP contribution in [0.3, 0.4) is 0 Å². The first-order valence-electron chi connectivity index (χ1n) is 5.99. The number of amides is 1. The summed E-state index contributed by atoms with van der Waals surface area (Å²) in [4.78, 5) is 12.0. The predicted molar refractivity (Wildman–Crippen MR) is 65.3 cm³/mol. The third-order valence-electron chi connectivity index (χ3n) is 3.73. The summed E-state index contributed by atoms with van der Waals surface area (Å²) in [6.45, 7) is 1.80. The Balaban J connectivity index is 2.04. The molecule has 2 unspecified atom stereocenters. The molecule has 4 nitrogen and oxygen atoms in total. The molecule has 3 rings (SSSR count). The average molecular weight is 232 g/mol. The number of fused-ring (bicyclic) bond motifs is 3. The van der Waals surface area contributed by atoms with Gasteiger partial charge in [-0.1, -0.05) is 0 Å². The van der Waals surface area contributed by atoms with Crippen molar-refractivity contribution < 1.29 is 9.53 Å². The SMILES string of the molecule is COc1ccc2c(c1)C1CNCCC1C(=O)N2. The van der Waals surface area contributed by atoms with E-state index in [1.807, 2.05) is 18.2 Å². The molecule has 4 heteroatoms. The minimum absolute atomic E-state index is 0.107. The lowest BCUT2D eigenvalue weighted by atomic mass is 9.77. The lowest BCUT2D eigenvalue weighted by Gasteiger charge is -2.36. The number of carbonyl (C=O) groups is 1. The Morgan fingerprint density at radius 2 is 2.24 bits per heavy atom. The van der Waals surface area contributed by atoms with E-state index in [-0.39, 0.29) is 17.7 Å². The van der Waals surface area contributed by atoms with Crippen LogP contribution >= 0.6 is 0 Å². The second kappa shape index (κ2) is 4.04. The van der Waals surface area contributed by atoms with Crippen LogP contribution < -0.4 is 15.4 Å². The van der Waals surface area contributed by atoms with Crippen LogP contribution in [0.2, 0.25) is 0 Å². The highest BCUT2D eigenvalue weighted by atomic mass is 16.5. The molecule has 1 aromatic rings. The minimum Gasteiger partial charge on any atom is -0.497 e. The van der Waals surface area contributed by atoms with Gasteiger partial charge in [-0.3, -0.25) is 4.79 Å². The Hall–Kier alpha value is -1.55. The van der Waals surface area contributed by atoms with Crippen LogP contribution in [0.15, 0.2) is 18.2 Å². The molecule has 0 radical (unpaired) electrons. The van der Waals surface area contributed by atoms with E-state index in [1.54, 1.807) is 7.11 Å². The van der Waals surface area contributed by atoms with Gasteiger partial charge >= 0.3 is 0 Å². The first-order valence-corrected chi connectivity index (χ1v) is 5.99. The predicted octanol–water partition coefficient (Wildman–Crippen LogP) is 1.34. The fourth-order valence-electron chi connectivity index (χ4n) is 2.81. The fourth-order valence-corrected chi connectivity index (χ4v) is 2.81. The summed E-state index contributed by atoms with van der Waals surface area (Å²) in [5, 5.41) is 6.35. The van der Waals surface area contributed by atoms with E-state index >= 15 is 0 Å². The molecule has 1 aromatic carbocycles. The van der Waals surface area contributed by atoms with Gasteiger partial charge in [0.1, 0.15) is 5.75 Å². The molecule has 2 atom stereocenters. The largest absolute Gasteiger partial charge is 0.497 e. The zero-order valence-electron chi connectivity index (χ0n) is 9.82. The topological polar surface area (TPSA) is 50.4 Å². The van der Waals surface area contributed by atoms with Crippen LogP contribution in [0.25, 0.3) is 0 Å². The number of hydrogen-bond donors (Lipinski definition) is 2. The standard InChI is InChI=1S/C13H16N2O2/c1-17-8-2-3-12-10(6-8)11-7-14-5-4-9(11)13(16)15-12/h2-3,6,9,11,14H,4-5,7H2,1H3,(H,15,16). The van der Waals surface area contributed by atoms with Crippen molar-refractivity contribution in [3.8, 4) is 5.75 Å². The van der Waals surface area contributed by atoms with Crippen LogP contribution in [0, 0.1) is 5.92 Å². The van der Waals surface area contributed by atoms with Gasteiger partial charge in [0.25, 0.3) is 0 Å². The zero-order chi connectivity index (χ0) is 11.8. The third-order valence-corrected chi connectivity index (χ3v) is 3.73. The van der Waals surface area contributed by atoms with E-state index in [1.165, 1.54) is 5.56 Å². The maximum atomic E-state index is 12.0. The van der Waals surface area contributed by atoms with Crippen molar-refractivity contribution in [3.05, 3.63) is 23.8 Å². The highest BCUT2D eigenvalue weighted by molar-refractivity contribution is 5.96. The van der Waals surface area contributed by atoms with Crippen molar-refractivity contribution >= 4 is 11.6 Å². The minimum atomic E-state index is 0.107. The van der Waals surface area contributed by atoms with E-state index in [0.717, 1.165) is 30.9 Å². The Labute approximate surface area is 100 Å². The summed E-state index contributed by atoms with van der Waals surface area (Å²) in [6, 6.07) is 5.85. The van der Waals surface area contributed by atoms with Crippen molar-refractivity contribution in [2.75, 3.05) is 25.5 Å². The van der Waals surface area contributed by atoms with Crippen LogP contribution in [-0.2, 0) is 4.79 Å². The first kappa shape index (κ1) is 10.6. The molecule has 0 saturated carbocycles. The molecule has 1 amide bonds. The smallest absolute Gasteiger partial charge is 0.228 e. The van der Waals surface area contributed by atoms with Gasteiger partial charge in [0.2, 0.25) is 5.91 Å². The molecule has 2 aliphatic rings. The summed E-state index contributed by atoms with van der Waals surface area (Å²) < 4.78 is 5.25. The third kappa shape index (κ3) is 1.69. The number of nitrogens with one attached hydrogen (secondary N) is 2. The van der Waals surface area contributed by atoms with Gasteiger partial charge in [0.15, 0.2) is 0 Å². The molecule has 0 aliphatic carbocycles. The number of piperidine rings is 1. The van der Waals surface area contributed by atoms with Crippen molar-refractivity contribution in [1.29, 1.82) is 0 Å². The van der Waals surface area contributed by atoms with Crippen LogP contribution in [-0.4, -0.2) is 26.1 Å². The molecule has 1 saturated heterocycles. The monoisotopic (exact) mass is 232 g/mol. The number of hydrogen-bond acceptors (Lipinski definition) is 3. The van der Waals surface area contributed by atoms with Gasteiger partial charge < -0.3 is 15.4 Å². The summed E-state index contributed by atoms with van der Waals surface area (Å²) in [5.41, 5.74) is 2.13. The summed E-state index contributed by atoms with van der Waals surface area (Å²) in [5.74, 6) is 1.40. The normalized spacial score (nSPS) is 26.8. The summed E-state index contributed by atoms with van der Waals surface area (Å²) >= 11 is 0. The van der Waals surface area contributed by atoms with Crippen LogP contribution in [0.1, 0.15) is 17.9 Å². The van der Waals surface area contributed by atoms with Crippen molar-refractivity contribution in [2.24, 2.45) is 5.92 Å². The number of benzene rings is 1. The van der Waals surface area contributed by atoms with Gasteiger partial charge in [0.05, 0.1) is 7.11 Å². The molecule has 0 spiro atoms. The van der Waals surface area contributed by atoms with Gasteiger partial charge in [0, 0.05) is 24.1 Å². The van der Waals surface area contributed by atoms with Gasteiger partial charge in [-0.05, 0) is 36.7 Å². The molecule has 17 heavy (non-hydrogen) atoms. The maximum absolute atomic E-state index is 12.0. The summed E-state index contributed by atoms with van der Waals surface area (Å²) in [6.07, 6.45) is 0.910. The highest BCUT2D eigenvalue weighted by Crippen LogP contribution is 2.40. The van der Waals surface area contributed by atoms with E-state index < -0.39 is 0 Å². The van der Waals surface area contributed by atoms with Crippen molar-refractivity contribution in [1.82, 2.24) is 5.32 Å². The van der Waals surface area contributed by atoms with Crippen LogP contribution in [0.4, 0.5) is 5.69 Å². The lowest BCUT2D eigenvalue weighted by molar-refractivity contribution is -0.121. The summed E-state index contributed by atoms with van der Waals surface area (Å²) in [7, 11) is 1.67. The number of anilines is 1. The molecule has 0 aromatic heterocycles. The molecule has 0 bridgehead atoms. The molecular weight excluding hydrogens is 216 g/mol. The van der Waals surface area contributed by atoms with Crippen molar-refractivity contribution in [2.45, 2.75) is 12.3 Å². The molecule has 90 valence electrons. The highest BCUT2D eigenvalue weighted by Gasteiger charge is 2.37. The van der Waals surface area contributed by atoms with Crippen LogP contribution in [0.5, 0.6) is 5.75 Å². The zero-order valence-corrected chi connectivity index (χ0v) is 9.82. The van der Waals surface area contributed by atoms with E-state index in [4.69, 9.17) is 4.74 Å². The Kier molecular flexibility index (Phi) is 2.52. The average Bonchev–Trinajstić information content (AvgIpc) is 2.39. The maximum Gasteiger partial charge on any atom is 0.228 e. The van der Waals surface area contributed by atoms with Gasteiger partial charge in [-0.2, -0.15) is 0 Å². The first-order chi connectivity index (χ1) is 8.29. The van der Waals surface area contributed by atoms with Gasteiger partial charge in [-0.25, -0.2) is 0 Å². The molecular formula is C13H16N2O2. The fraction of sp³-hybridized carbons (Fsp3) is 0.462. The Morgan fingerprint density at radius 3 is 3.06 bits per heavy atom. The number of ether oxygens (including phenoxy) is 1. The molecule has 2 N–H and O–H groups in total. The molecule has 1 fully saturated rings. The Bertz CT molecular complexity index is 459. The quantitative estimate of drug-likeness (QED) is 0.768. The number of carbonyl (C=O) groups excluding carboxylic acids is 1. The van der Waals surface area contributed by atoms with E-state index in [2.05, 4.69) is 10.6 Å². The number of rotatable bonds is 1. The van der Waals surface area contributed by atoms with E-state index in [9.17, 15) is 4.79 Å². The molecule has 2 aliphatic heterocycles.